The molecule has 9 aliphatic rings. The summed E-state index contributed by atoms with van der Waals surface area (Å²) in [6.07, 6.45) is 8.06. The lowest BCUT2D eigenvalue weighted by molar-refractivity contribution is -0.299. The van der Waals surface area contributed by atoms with Gasteiger partial charge in [-0.05, 0) is 161 Å². The summed E-state index contributed by atoms with van der Waals surface area (Å²) in [6, 6.07) is 0. The van der Waals surface area contributed by atoms with Crippen molar-refractivity contribution in [2.24, 2.45) is 29.6 Å². The number of alkyl carbamates (subject to hydrolysis) is 1. The monoisotopic (exact) mass is 1480 g/mol. The topological polar surface area (TPSA) is 213 Å². The molecule has 2 N–H and O–H groups in total. The zero-order valence-electron chi connectivity index (χ0n) is 66.4. The summed E-state index contributed by atoms with van der Waals surface area (Å²) in [6.45, 7) is 56.1. The Hall–Kier alpha value is -2.50. The fraction of sp³-hybridized carbons (Fsp3) is 0.863. The molecule has 0 spiro atoms. The summed E-state index contributed by atoms with van der Waals surface area (Å²) >= 11 is 0. The van der Waals surface area contributed by atoms with Gasteiger partial charge in [-0.1, -0.05) is 121 Å². The van der Waals surface area contributed by atoms with Crippen molar-refractivity contribution in [1.82, 2.24) is 5.32 Å². The number of amides is 1. The second-order valence-electron chi connectivity index (χ2n) is 37.0. The number of hydrogen-bond acceptors (Lipinski definition) is 18. The van der Waals surface area contributed by atoms with Crippen LogP contribution < -0.4 is 5.32 Å². The highest BCUT2D eigenvalue weighted by Crippen LogP contribution is 2.50. The molecule has 8 aliphatic heterocycles. The van der Waals surface area contributed by atoms with Gasteiger partial charge in [0, 0.05) is 64.0 Å². The van der Waals surface area contributed by atoms with E-state index in [-0.39, 0.29) is 125 Å². The summed E-state index contributed by atoms with van der Waals surface area (Å²) in [7, 11) is -5.27. The Labute approximate surface area is 617 Å². The third-order valence-electron chi connectivity index (χ3n) is 26.1. The van der Waals surface area contributed by atoms with E-state index >= 15 is 0 Å². The van der Waals surface area contributed by atoms with Crippen LogP contribution in [0.4, 0.5) is 4.79 Å². The Morgan fingerprint density at radius 1 is 0.706 bits per heavy atom. The molecule has 22 heteroatoms. The van der Waals surface area contributed by atoms with Gasteiger partial charge in [0.15, 0.2) is 30.7 Å². The fourth-order valence-electron chi connectivity index (χ4n) is 16.7. The van der Waals surface area contributed by atoms with Crippen LogP contribution in [0.2, 0.25) is 54.4 Å². The number of hydrogen-bond donors (Lipinski definition) is 2. The third kappa shape index (κ3) is 20.7. The van der Waals surface area contributed by atoms with Gasteiger partial charge in [-0.15, -0.1) is 0 Å². The van der Waals surface area contributed by atoms with Gasteiger partial charge in [0.2, 0.25) is 0 Å². The number of fused-ring (bicyclic) bond motifs is 9. The summed E-state index contributed by atoms with van der Waals surface area (Å²) in [4.78, 5) is 41.8. The number of nitrogens with one attached hydrogen (secondary N) is 1. The minimum atomic E-state index is -2.43. The summed E-state index contributed by atoms with van der Waals surface area (Å²) in [5, 5.41) is 14.9. The number of methoxy groups -OCH3 is 1. The van der Waals surface area contributed by atoms with Crippen LogP contribution in [-0.4, -0.2) is 197 Å². The van der Waals surface area contributed by atoms with E-state index in [0.717, 1.165) is 49.7 Å². The minimum absolute atomic E-state index is 0.00601. The van der Waals surface area contributed by atoms with Gasteiger partial charge in [-0.3, -0.25) is 9.59 Å². The van der Waals surface area contributed by atoms with Gasteiger partial charge in [-0.25, -0.2) is 4.79 Å². The van der Waals surface area contributed by atoms with Crippen molar-refractivity contribution in [2.45, 2.75) is 382 Å². The van der Waals surface area contributed by atoms with Crippen molar-refractivity contribution in [2.75, 3.05) is 26.9 Å². The summed E-state index contributed by atoms with van der Waals surface area (Å²) in [5.74, 6) is -1.22. The van der Waals surface area contributed by atoms with Gasteiger partial charge in [0.1, 0.15) is 42.9 Å². The first-order valence-corrected chi connectivity index (χ1v) is 48.1. The van der Waals surface area contributed by atoms with Crippen molar-refractivity contribution in [1.29, 1.82) is 0 Å². The maximum Gasteiger partial charge on any atom is 0.407 e. The molecule has 1 amide bonds. The van der Waals surface area contributed by atoms with Crippen LogP contribution in [0.1, 0.15) is 206 Å². The summed E-state index contributed by atoms with van der Waals surface area (Å²) < 4.78 is 95.9. The van der Waals surface area contributed by atoms with Crippen molar-refractivity contribution in [3.05, 3.63) is 49.1 Å². The Balaban J connectivity index is 0.890. The average Bonchev–Trinajstić information content (AvgIpc) is 1.16. The molecular weight excluding hydrogens is 1350 g/mol. The predicted octanol–water partition coefficient (Wildman–Crippen LogP) is 15.5. The highest BCUT2D eigenvalue weighted by atomic mass is 28.4. The Kier molecular flexibility index (Phi) is 28.0. The lowest BCUT2D eigenvalue weighted by Crippen LogP contribution is -2.63. The van der Waals surface area contributed by atoms with Crippen molar-refractivity contribution < 1.29 is 84.9 Å². The van der Waals surface area contributed by atoms with E-state index in [9.17, 15) is 19.5 Å². The van der Waals surface area contributed by atoms with Gasteiger partial charge >= 0.3 is 12.1 Å². The van der Waals surface area contributed by atoms with E-state index in [1.807, 2.05) is 19.1 Å². The fourth-order valence-corrected chi connectivity index (χ4v) is 20.8. The molecule has 102 heavy (non-hydrogen) atoms. The number of ketones is 1. The molecule has 0 aromatic carbocycles. The van der Waals surface area contributed by atoms with Crippen molar-refractivity contribution in [3.8, 4) is 0 Å². The van der Waals surface area contributed by atoms with Crippen LogP contribution in [0.5, 0.6) is 0 Å². The maximum atomic E-state index is 14.8. The highest BCUT2D eigenvalue weighted by molar-refractivity contribution is 6.75. The smallest absolute Gasteiger partial charge is 0.407 e. The average molecular weight is 1490 g/mol. The molecule has 1 saturated carbocycles. The first-order valence-electron chi connectivity index (χ1n) is 39.3. The Bertz CT molecular complexity index is 2870. The lowest BCUT2D eigenvalue weighted by Gasteiger charge is -2.53. The number of aliphatic hydroxyl groups is 1. The number of carbonyl (C=O) groups excluding carboxylic acids is 3. The molecule has 582 valence electrons. The summed E-state index contributed by atoms with van der Waals surface area (Å²) in [5.41, 5.74) is 2.10. The molecule has 9 rings (SSSR count). The molecule has 0 radical (unpaired) electrons. The van der Waals surface area contributed by atoms with Crippen LogP contribution in [0.15, 0.2) is 49.1 Å². The van der Waals surface area contributed by atoms with E-state index < -0.39 is 104 Å². The molecular formula is C80H137NO18Si3. The van der Waals surface area contributed by atoms with Gasteiger partial charge in [-0.2, -0.15) is 0 Å². The standard InChI is InChI=1S/C80H137NO18Si3/c1-24-36-87-76(85)81-46-53-40-59(64(98-101(20,21)78(10,11)12)44-63(53)97-100(18,19)77(7,8)9)49(3)37-54(82)28-26-25-27-29-55(83)41-65-66(99-102(22,23)79(13,14)15)45-68-71(94-65)52(6)72-67(93-68)43-62-51(5)48(2)38-56(90-62)30-32-60-50(4)39-58(89-60)34-35-80(16)88-47-69-73(86-17)75(96-80)74-61(92-69)33-31-57(91-74)42-70(84)95-72/h24,27,29,48-49,52-53,55-69,71-75,83H,1,4-5,25-26,28,30-47H2,2-3,6-23H3,(H,81,85)/b29-27+/t48-,49+,52+,53-,55?,56+,57-,58+,59+,60+,61+,62-,63-,64+,65-,66?,67+,68+,69+,71+,72-,73?,74+,75-,80-/m1/s1. The number of esters is 1. The molecule has 8 saturated heterocycles. The number of Topliss-reactive ketones (excluding diaryl/α,β-unsaturated/α-hetero) is 1. The second-order valence-corrected chi connectivity index (χ2v) is 51.3. The van der Waals surface area contributed by atoms with Crippen molar-refractivity contribution >= 4 is 42.8 Å². The predicted molar refractivity (Wildman–Crippen MR) is 404 cm³/mol. The molecule has 19 nitrogen and oxygen atoms in total. The molecule has 9 bridgehead atoms. The first kappa shape index (κ1) is 83.5. The van der Waals surface area contributed by atoms with Crippen LogP contribution in [0.25, 0.3) is 0 Å². The number of allylic oxidation sites excluding steroid dienone is 1. The molecule has 1 aliphatic carbocycles. The zero-order valence-corrected chi connectivity index (χ0v) is 69.4. The Morgan fingerprint density at radius 2 is 1.33 bits per heavy atom. The van der Waals surface area contributed by atoms with Gasteiger partial charge in [0.25, 0.3) is 0 Å². The zero-order chi connectivity index (χ0) is 74.8. The van der Waals surface area contributed by atoms with Crippen LogP contribution >= 0.6 is 0 Å². The SMILES string of the molecule is C=CCOC(=O)NC[C@H]1C[C@@H]([C@@H](C)CC(=O)CCC/C=C/C(O)C[C@H]2O[C@H]3[C@H](C)[C@H]4OC(=O)C[C@H]5CC[C@@H]6O[C@H]7CO[C@@](C)(CC[C@H]8CC(=C)[C@H](CC[C@H]9C[C@@H](C)C(=C)[C@@H](C[C@@H]4O[C@H]3CC2O[Si](C)(C)C(C)(C)C)O9)O8)O[C@H](C7OC)[C@H]6O5)[C@@H](O[Si](C)(C)C(C)(C)C)C[C@H]1O[Si](C)(C)C(C)(C)C. The number of rotatable bonds is 21. The van der Waals surface area contributed by atoms with Crippen LogP contribution in [0, 0.1) is 29.6 Å². The minimum Gasteiger partial charge on any atom is -0.459 e. The molecule has 0 aromatic heterocycles. The second kappa shape index (κ2) is 34.2. The molecule has 25 atom stereocenters. The van der Waals surface area contributed by atoms with Gasteiger partial charge < -0.3 is 75.8 Å². The maximum absolute atomic E-state index is 14.8. The van der Waals surface area contributed by atoms with Crippen LogP contribution in [0.3, 0.4) is 0 Å². The highest BCUT2D eigenvalue weighted by Gasteiger charge is 2.58. The third-order valence-corrected chi connectivity index (χ3v) is 39.6. The van der Waals surface area contributed by atoms with E-state index in [2.05, 4.69) is 147 Å². The van der Waals surface area contributed by atoms with E-state index in [4.69, 9.17) is 65.4 Å². The number of unbranched alkanes of at least 4 members (excludes halogenated alkanes) is 1. The van der Waals surface area contributed by atoms with E-state index in [1.54, 1.807) is 13.2 Å². The van der Waals surface area contributed by atoms with E-state index in [0.29, 0.717) is 77.4 Å². The van der Waals surface area contributed by atoms with Gasteiger partial charge in [0.05, 0.1) is 98.5 Å². The molecule has 0 aromatic rings. The van der Waals surface area contributed by atoms with Crippen LogP contribution in [-0.2, 0) is 75.0 Å². The number of carbonyl (C=O) groups is 3. The molecule has 8 heterocycles. The van der Waals surface area contributed by atoms with Crippen molar-refractivity contribution in [3.63, 3.8) is 0 Å². The first-order chi connectivity index (χ1) is 47.6. The quantitative estimate of drug-likeness (QED) is 0.0473. The number of ether oxygens (including phenoxy) is 11. The van der Waals surface area contributed by atoms with E-state index in [1.165, 1.54) is 0 Å². The normalized spacial score (nSPS) is 38.4. The molecule has 3 unspecified atom stereocenters. The number of aliphatic hydroxyl groups excluding tert-OH is 1. The Morgan fingerprint density at radius 3 is 2.00 bits per heavy atom. The molecule has 9 fully saturated rings. The largest absolute Gasteiger partial charge is 0.459 e. The lowest BCUT2D eigenvalue weighted by atomic mass is 9.71.